The van der Waals surface area contributed by atoms with E-state index >= 15 is 0 Å². The van der Waals surface area contributed by atoms with Gasteiger partial charge in [0.05, 0.1) is 11.6 Å². The van der Waals surface area contributed by atoms with Crippen LogP contribution >= 0.6 is 11.6 Å². The Morgan fingerprint density at radius 2 is 2.15 bits per heavy atom. The molecule has 7 heteroatoms. The monoisotopic (exact) mass is 378 g/mol. The molecule has 2 aromatic rings. The van der Waals surface area contributed by atoms with Crippen molar-refractivity contribution in [3.63, 3.8) is 0 Å². The molecule has 2 heterocycles. The highest BCUT2D eigenvalue weighted by Crippen LogP contribution is 2.25. The fourth-order valence-corrected chi connectivity index (χ4v) is 3.38. The van der Waals surface area contributed by atoms with Gasteiger partial charge >= 0.3 is 0 Å². The number of hydrogen-bond acceptors (Lipinski definition) is 3. The van der Waals surface area contributed by atoms with Crippen molar-refractivity contribution in [2.45, 2.75) is 39.3 Å². The first-order valence-electron chi connectivity index (χ1n) is 8.63. The summed E-state index contributed by atoms with van der Waals surface area (Å²) in [5, 5.41) is 2.82. The van der Waals surface area contributed by atoms with Crippen LogP contribution in [0.1, 0.15) is 41.4 Å². The van der Waals surface area contributed by atoms with Crippen LogP contribution in [-0.4, -0.2) is 17.1 Å². The Morgan fingerprint density at radius 1 is 1.35 bits per heavy atom. The summed E-state index contributed by atoms with van der Waals surface area (Å²) < 4.78 is 20.5. The molecule has 0 unspecified atom stereocenters. The third kappa shape index (κ3) is 3.75. The van der Waals surface area contributed by atoms with E-state index in [1.54, 1.807) is 17.6 Å². The fraction of sp³-hybridized carbons (Fsp3) is 0.368. The summed E-state index contributed by atoms with van der Waals surface area (Å²) >= 11 is 5.78. The molecule has 0 saturated carbocycles. The molecule has 0 spiro atoms. The first kappa shape index (κ1) is 18.5. The number of nitrogens with zero attached hydrogens (tertiary/aromatic N) is 1. The zero-order valence-electron chi connectivity index (χ0n) is 14.5. The molecule has 1 amide bonds. The van der Waals surface area contributed by atoms with Crippen molar-refractivity contribution in [2.75, 3.05) is 6.61 Å². The molecule has 0 bridgehead atoms. The lowest BCUT2D eigenvalue weighted by Crippen LogP contribution is -2.33. The third-order valence-electron chi connectivity index (χ3n) is 4.39. The van der Waals surface area contributed by atoms with Crippen LogP contribution in [0.25, 0.3) is 0 Å². The quantitative estimate of drug-likeness (QED) is 0.868. The fourth-order valence-electron chi connectivity index (χ4n) is 3.17. The van der Waals surface area contributed by atoms with Crippen LogP contribution in [0.4, 0.5) is 4.39 Å². The zero-order valence-corrected chi connectivity index (χ0v) is 15.2. The molecule has 0 radical (unpaired) electrons. The van der Waals surface area contributed by atoms with Crippen molar-refractivity contribution < 1.29 is 13.9 Å². The minimum atomic E-state index is -0.503. The number of carbonyl (C=O) groups is 1. The van der Waals surface area contributed by atoms with Gasteiger partial charge in [0.1, 0.15) is 17.1 Å². The number of halogens is 2. The molecule has 3 rings (SSSR count). The molecule has 5 nitrogen and oxygen atoms in total. The van der Waals surface area contributed by atoms with Gasteiger partial charge in [-0.05, 0) is 43.9 Å². The molecule has 0 atom stereocenters. The number of fused-ring (bicyclic) bond motifs is 1. The van der Waals surface area contributed by atoms with Gasteiger partial charge in [0.25, 0.3) is 11.5 Å². The lowest BCUT2D eigenvalue weighted by Gasteiger charge is -2.23. The minimum absolute atomic E-state index is 0.00963. The Hall–Kier alpha value is -2.34. The molecule has 0 fully saturated rings. The Labute approximate surface area is 155 Å². The smallest absolute Gasteiger partial charge is 0.257 e. The minimum Gasteiger partial charge on any atom is -0.493 e. The molecular formula is C19H20ClFN2O3. The van der Waals surface area contributed by atoms with Crippen LogP contribution in [0.3, 0.4) is 0 Å². The second-order valence-electron chi connectivity index (χ2n) is 6.14. The molecule has 1 aromatic heterocycles. The van der Waals surface area contributed by atoms with E-state index in [0.29, 0.717) is 42.1 Å². The van der Waals surface area contributed by atoms with Crippen LogP contribution in [0, 0.1) is 5.82 Å². The van der Waals surface area contributed by atoms with E-state index in [1.807, 2.05) is 0 Å². The number of ether oxygens (including phenoxy) is 1. The van der Waals surface area contributed by atoms with E-state index in [0.717, 1.165) is 12.8 Å². The number of pyridine rings is 1. The molecule has 0 saturated heterocycles. The van der Waals surface area contributed by atoms with Gasteiger partial charge in [0.2, 0.25) is 0 Å². The Bertz CT molecular complexity index is 895. The van der Waals surface area contributed by atoms with Gasteiger partial charge in [-0.15, -0.1) is 0 Å². The summed E-state index contributed by atoms with van der Waals surface area (Å²) in [6, 6.07) is 5.68. The van der Waals surface area contributed by atoms with Crippen molar-refractivity contribution in [1.82, 2.24) is 9.88 Å². The molecule has 1 aromatic carbocycles. The summed E-state index contributed by atoms with van der Waals surface area (Å²) in [5.41, 5.74) is 1.65. The summed E-state index contributed by atoms with van der Waals surface area (Å²) in [6.07, 6.45) is 2.49. The maximum Gasteiger partial charge on any atom is 0.257 e. The number of nitrogens with one attached hydrogen (secondary N) is 1. The standard InChI is InChI=1S/C19H20ClFN2O3/c1-2-26-16-10-17(24)23-8-4-3-5-15(23)18(16)19(25)22-11-12-6-7-14(21)13(20)9-12/h6-7,9-10H,2-5,8,11H2,1H3,(H,22,25). The van der Waals surface area contributed by atoms with Crippen LogP contribution in [0.2, 0.25) is 5.02 Å². The van der Waals surface area contributed by atoms with Gasteiger partial charge in [-0.25, -0.2) is 4.39 Å². The highest BCUT2D eigenvalue weighted by Gasteiger charge is 2.24. The average molecular weight is 379 g/mol. The molecular weight excluding hydrogens is 359 g/mol. The zero-order chi connectivity index (χ0) is 18.7. The maximum absolute atomic E-state index is 13.3. The van der Waals surface area contributed by atoms with Gasteiger partial charge in [0.15, 0.2) is 0 Å². The lowest BCUT2D eigenvalue weighted by molar-refractivity contribution is 0.0944. The second-order valence-corrected chi connectivity index (χ2v) is 6.55. The Kier molecular flexibility index (Phi) is 5.61. The number of rotatable bonds is 5. The van der Waals surface area contributed by atoms with Crippen molar-refractivity contribution in [1.29, 1.82) is 0 Å². The van der Waals surface area contributed by atoms with Gasteiger partial charge in [-0.2, -0.15) is 0 Å². The highest BCUT2D eigenvalue weighted by molar-refractivity contribution is 6.30. The lowest BCUT2D eigenvalue weighted by atomic mass is 10.0. The number of hydrogen-bond donors (Lipinski definition) is 1. The van der Waals surface area contributed by atoms with E-state index in [1.165, 1.54) is 18.2 Å². The van der Waals surface area contributed by atoms with Crippen molar-refractivity contribution in [3.05, 3.63) is 62.3 Å². The number of amides is 1. The van der Waals surface area contributed by atoms with Crippen LogP contribution < -0.4 is 15.6 Å². The van der Waals surface area contributed by atoms with Crippen molar-refractivity contribution in [2.24, 2.45) is 0 Å². The topological polar surface area (TPSA) is 60.3 Å². The summed E-state index contributed by atoms with van der Waals surface area (Å²) in [6.45, 7) is 2.97. The first-order valence-corrected chi connectivity index (χ1v) is 9.00. The number of aromatic nitrogens is 1. The normalized spacial score (nSPS) is 13.2. The molecule has 0 aliphatic carbocycles. The predicted octanol–water partition coefficient (Wildman–Crippen LogP) is 3.31. The van der Waals surface area contributed by atoms with Crippen molar-refractivity contribution >= 4 is 17.5 Å². The molecule has 26 heavy (non-hydrogen) atoms. The van der Waals surface area contributed by atoms with Crippen LogP contribution in [0.5, 0.6) is 5.75 Å². The van der Waals surface area contributed by atoms with Gasteiger partial charge in [-0.3, -0.25) is 9.59 Å². The van der Waals surface area contributed by atoms with E-state index in [4.69, 9.17) is 16.3 Å². The largest absolute Gasteiger partial charge is 0.493 e. The van der Waals surface area contributed by atoms with E-state index in [9.17, 15) is 14.0 Å². The van der Waals surface area contributed by atoms with Gasteiger partial charge < -0.3 is 14.6 Å². The molecule has 138 valence electrons. The number of benzene rings is 1. The van der Waals surface area contributed by atoms with Crippen molar-refractivity contribution in [3.8, 4) is 5.75 Å². The Morgan fingerprint density at radius 3 is 2.88 bits per heavy atom. The number of carbonyl (C=O) groups excluding carboxylic acids is 1. The summed E-state index contributed by atoms with van der Waals surface area (Å²) in [5.74, 6) is -0.517. The SMILES string of the molecule is CCOc1cc(=O)n2c(c1C(=O)NCc1ccc(F)c(Cl)c1)CCCC2. The molecule has 1 aliphatic heterocycles. The van der Waals surface area contributed by atoms with Gasteiger partial charge in [0, 0.05) is 24.8 Å². The maximum atomic E-state index is 13.3. The molecule has 1 N–H and O–H groups in total. The predicted molar refractivity (Wildman–Crippen MR) is 97.4 cm³/mol. The van der Waals surface area contributed by atoms with Crippen LogP contribution in [0.15, 0.2) is 29.1 Å². The average Bonchev–Trinajstić information content (AvgIpc) is 2.63. The van der Waals surface area contributed by atoms with E-state index < -0.39 is 5.82 Å². The van der Waals surface area contributed by atoms with Gasteiger partial charge in [-0.1, -0.05) is 17.7 Å². The van der Waals surface area contributed by atoms with E-state index in [2.05, 4.69) is 5.32 Å². The summed E-state index contributed by atoms with van der Waals surface area (Å²) in [7, 11) is 0. The highest BCUT2D eigenvalue weighted by atomic mass is 35.5. The van der Waals surface area contributed by atoms with E-state index in [-0.39, 0.29) is 23.0 Å². The molecule has 1 aliphatic rings. The van der Waals surface area contributed by atoms with Crippen LogP contribution in [-0.2, 0) is 19.5 Å². The summed E-state index contributed by atoms with van der Waals surface area (Å²) in [4.78, 5) is 25.1. The third-order valence-corrected chi connectivity index (χ3v) is 4.68. The Balaban J connectivity index is 1.90. The first-order chi connectivity index (χ1) is 12.5. The second kappa shape index (κ2) is 7.91.